The predicted octanol–water partition coefficient (Wildman–Crippen LogP) is 4.69. The summed E-state index contributed by atoms with van der Waals surface area (Å²) in [6.45, 7) is 3.20. The first-order valence-corrected chi connectivity index (χ1v) is 9.78. The van der Waals surface area contributed by atoms with Crippen molar-refractivity contribution in [3.8, 4) is 11.3 Å². The smallest absolute Gasteiger partial charge is 0.435 e. The first-order valence-electron chi connectivity index (χ1n) is 9.40. The zero-order chi connectivity index (χ0) is 23.8. The number of rotatable bonds is 5. The van der Waals surface area contributed by atoms with Crippen LogP contribution in [0.4, 0.5) is 17.6 Å². The van der Waals surface area contributed by atoms with Crippen LogP contribution in [-0.2, 0) is 24.0 Å². The molecule has 1 aromatic carbocycles. The number of alkyl halides is 3. The van der Waals surface area contributed by atoms with E-state index in [9.17, 15) is 27.2 Å². The molecule has 0 atom stereocenters. The molecule has 2 heterocycles. The summed E-state index contributed by atoms with van der Waals surface area (Å²) < 4.78 is 60.4. The van der Waals surface area contributed by atoms with Gasteiger partial charge in [0.25, 0.3) is 0 Å². The van der Waals surface area contributed by atoms with Crippen molar-refractivity contribution in [2.45, 2.75) is 33.1 Å². The first kappa shape index (κ1) is 23.5. The third kappa shape index (κ3) is 4.27. The lowest BCUT2D eigenvalue weighted by Crippen LogP contribution is -2.28. The lowest BCUT2D eigenvalue weighted by Gasteiger charge is -2.22. The van der Waals surface area contributed by atoms with Crippen LogP contribution in [0, 0.1) is 12.7 Å². The van der Waals surface area contributed by atoms with Gasteiger partial charge in [0.05, 0.1) is 24.4 Å². The zero-order valence-electron chi connectivity index (χ0n) is 17.3. The lowest BCUT2D eigenvalue weighted by atomic mass is 10.00. The van der Waals surface area contributed by atoms with E-state index in [1.54, 1.807) is 11.5 Å². The Morgan fingerprint density at radius 2 is 1.94 bits per heavy atom. The first-order chi connectivity index (χ1) is 15.0. The molecule has 0 N–H and O–H groups in total. The maximum Gasteiger partial charge on any atom is 0.435 e. The van der Waals surface area contributed by atoms with Crippen molar-refractivity contribution in [1.29, 1.82) is 0 Å². The van der Waals surface area contributed by atoms with Crippen molar-refractivity contribution in [3.05, 3.63) is 74.0 Å². The van der Waals surface area contributed by atoms with Gasteiger partial charge in [-0.25, -0.2) is 9.18 Å². The monoisotopic (exact) mass is 471 g/mol. The van der Waals surface area contributed by atoms with E-state index in [2.05, 4.69) is 5.10 Å². The Morgan fingerprint density at radius 1 is 1.25 bits per heavy atom. The second-order valence-corrected chi connectivity index (χ2v) is 7.29. The Labute approximate surface area is 185 Å². The summed E-state index contributed by atoms with van der Waals surface area (Å²) in [7, 11) is 1.11. The SMILES string of the molecule is CCn1c(Cn2ccc(C(F)(F)F)n2)c(C)c(=O)c(C(=O)OC)c1-c1ccc(Cl)c(F)c1. The molecule has 0 saturated heterocycles. The molecule has 0 unspecified atom stereocenters. The van der Waals surface area contributed by atoms with Gasteiger partial charge < -0.3 is 9.30 Å². The number of halogens is 5. The highest BCUT2D eigenvalue weighted by Crippen LogP contribution is 2.30. The number of carbonyl (C=O) groups is 1. The van der Waals surface area contributed by atoms with Crippen LogP contribution in [0.3, 0.4) is 0 Å². The number of methoxy groups -OCH3 is 1. The topological polar surface area (TPSA) is 66.1 Å². The van der Waals surface area contributed by atoms with E-state index in [0.29, 0.717) is 5.69 Å². The van der Waals surface area contributed by atoms with Crippen LogP contribution < -0.4 is 5.43 Å². The Balaban J connectivity index is 2.30. The normalized spacial score (nSPS) is 11.6. The van der Waals surface area contributed by atoms with Crippen LogP contribution in [0.25, 0.3) is 11.3 Å². The summed E-state index contributed by atoms with van der Waals surface area (Å²) in [4.78, 5) is 25.6. The van der Waals surface area contributed by atoms with E-state index in [4.69, 9.17) is 16.3 Å². The number of ether oxygens (including phenoxy) is 1. The standard InChI is InChI=1S/C21H18ClF4N3O3/c1-4-29-15(10-28-8-7-16(27-28)21(24,25)26)11(2)19(30)17(20(31)32-3)18(29)12-5-6-13(22)14(23)9-12/h5-9H,4,10H2,1-3H3. The van der Waals surface area contributed by atoms with Gasteiger partial charge in [-0.15, -0.1) is 0 Å². The van der Waals surface area contributed by atoms with Crippen molar-refractivity contribution in [1.82, 2.24) is 14.3 Å². The lowest BCUT2D eigenvalue weighted by molar-refractivity contribution is -0.141. The van der Waals surface area contributed by atoms with E-state index >= 15 is 0 Å². The van der Waals surface area contributed by atoms with Gasteiger partial charge in [0.1, 0.15) is 11.4 Å². The maximum atomic E-state index is 14.2. The number of hydrogen-bond donors (Lipinski definition) is 0. The number of aromatic nitrogens is 3. The predicted molar refractivity (Wildman–Crippen MR) is 109 cm³/mol. The highest BCUT2D eigenvalue weighted by molar-refractivity contribution is 6.30. The number of hydrogen-bond acceptors (Lipinski definition) is 4. The summed E-state index contributed by atoms with van der Waals surface area (Å²) in [5.41, 5.74) is -1.36. The third-order valence-electron chi connectivity index (χ3n) is 4.97. The zero-order valence-corrected chi connectivity index (χ0v) is 18.0. The molecule has 0 saturated carbocycles. The molecule has 0 aliphatic carbocycles. The highest BCUT2D eigenvalue weighted by atomic mass is 35.5. The average Bonchev–Trinajstić information content (AvgIpc) is 3.22. The summed E-state index contributed by atoms with van der Waals surface area (Å²) in [5.74, 6) is -1.69. The second-order valence-electron chi connectivity index (χ2n) is 6.89. The second kappa shape index (κ2) is 8.78. The minimum absolute atomic E-state index is 0.0729. The van der Waals surface area contributed by atoms with Crippen molar-refractivity contribution in [2.24, 2.45) is 0 Å². The van der Waals surface area contributed by atoms with Crippen molar-refractivity contribution in [3.63, 3.8) is 0 Å². The van der Waals surface area contributed by atoms with Crippen LogP contribution in [-0.4, -0.2) is 27.4 Å². The largest absolute Gasteiger partial charge is 0.465 e. The Kier molecular flexibility index (Phi) is 6.45. The van der Waals surface area contributed by atoms with Crippen LogP contribution >= 0.6 is 11.6 Å². The number of nitrogens with zero attached hydrogens (tertiary/aromatic N) is 3. The molecular weight excluding hydrogens is 454 g/mol. The summed E-state index contributed by atoms with van der Waals surface area (Å²) in [6.07, 6.45) is -3.48. The van der Waals surface area contributed by atoms with Gasteiger partial charge >= 0.3 is 12.1 Å². The molecular formula is C21H18ClF4N3O3. The molecule has 170 valence electrons. The molecule has 0 radical (unpaired) electrons. The molecule has 3 aromatic rings. The summed E-state index contributed by atoms with van der Waals surface area (Å²) in [5, 5.41) is 3.38. The molecule has 2 aromatic heterocycles. The van der Waals surface area contributed by atoms with Gasteiger partial charge in [0.15, 0.2) is 11.1 Å². The minimum Gasteiger partial charge on any atom is -0.465 e. The van der Waals surface area contributed by atoms with Crippen molar-refractivity contribution in [2.75, 3.05) is 7.11 Å². The van der Waals surface area contributed by atoms with Gasteiger partial charge in [0, 0.05) is 29.6 Å². The van der Waals surface area contributed by atoms with Crippen LogP contribution in [0.15, 0.2) is 35.3 Å². The van der Waals surface area contributed by atoms with Gasteiger partial charge in [-0.3, -0.25) is 9.48 Å². The van der Waals surface area contributed by atoms with E-state index in [0.717, 1.165) is 30.1 Å². The van der Waals surface area contributed by atoms with Gasteiger partial charge in [-0.05, 0) is 32.0 Å². The van der Waals surface area contributed by atoms with E-state index in [-0.39, 0.29) is 40.5 Å². The van der Waals surface area contributed by atoms with Crippen LogP contribution in [0.2, 0.25) is 5.02 Å². The summed E-state index contributed by atoms with van der Waals surface area (Å²) >= 11 is 5.77. The Bertz CT molecular complexity index is 1250. The Hall–Kier alpha value is -3.14. The van der Waals surface area contributed by atoms with Gasteiger partial charge in [-0.2, -0.15) is 18.3 Å². The third-order valence-corrected chi connectivity index (χ3v) is 5.28. The number of carbonyl (C=O) groups excluding carboxylic acids is 1. The number of pyridine rings is 1. The van der Waals surface area contributed by atoms with E-state index in [1.165, 1.54) is 19.1 Å². The summed E-state index contributed by atoms with van der Waals surface area (Å²) in [6, 6.07) is 4.61. The minimum atomic E-state index is -4.62. The van der Waals surface area contributed by atoms with Crippen molar-refractivity contribution >= 4 is 17.6 Å². The molecule has 6 nitrogen and oxygen atoms in total. The van der Waals surface area contributed by atoms with Crippen LogP contribution in [0.1, 0.15) is 34.2 Å². The Morgan fingerprint density at radius 3 is 2.47 bits per heavy atom. The molecule has 0 spiro atoms. The number of esters is 1. The van der Waals surface area contributed by atoms with Crippen LogP contribution in [0.5, 0.6) is 0 Å². The van der Waals surface area contributed by atoms with E-state index in [1.807, 2.05) is 0 Å². The molecule has 3 rings (SSSR count). The van der Waals surface area contributed by atoms with Crippen molar-refractivity contribution < 1.29 is 27.1 Å². The molecule has 0 fully saturated rings. The maximum absolute atomic E-state index is 14.2. The molecule has 0 aliphatic heterocycles. The average molecular weight is 472 g/mol. The fraction of sp³-hybridized carbons (Fsp3) is 0.286. The molecule has 32 heavy (non-hydrogen) atoms. The number of benzene rings is 1. The van der Waals surface area contributed by atoms with Gasteiger partial charge in [0.2, 0.25) is 0 Å². The molecule has 0 aliphatic rings. The highest BCUT2D eigenvalue weighted by Gasteiger charge is 2.34. The fourth-order valence-electron chi connectivity index (χ4n) is 3.44. The van der Waals surface area contributed by atoms with Gasteiger partial charge in [-0.1, -0.05) is 17.7 Å². The molecule has 11 heteroatoms. The molecule has 0 bridgehead atoms. The molecule has 0 amide bonds. The van der Waals surface area contributed by atoms with E-state index < -0.39 is 29.1 Å². The fourth-order valence-corrected chi connectivity index (χ4v) is 3.56. The quantitative estimate of drug-likeness (QED) is 0.400.